The molecule has 1 aromatic carbocycles. The minimum Gasteiger partial charge on any atom is -0.298 e. The van der Waals surface area contributed by atoms with Gasteiger partial charge in [-0.25, -0.2) is 0 Å². The van der Waals surface area contributed by atoms with Crippen LogP contribution in [0, 0.1) is 30.1 Å². The summed E-state index contributed by atoms with van der Waals surface area (Å²) >= 11 is 0. The summed E-state index contributed by atoms with van der Waals surface area (Å²) in [5.41, 5.74) is 1.93. The molecule has 0 saturated heterocycles. The van der Waals surface area contributed by atoms with Crippen molar-refractivity contribution in [3.63, 3.8) is 0 Å². The number of hydrogen-bond acceptors (Lipinski definition) is 2. The summed E-state index contributed by atoms with van der Waals surface area (Å²) in [6.45, 7) is 3.94. The summed E-state index contributed by atoms with van der Waals surface area (Å²) in [6, 6.07) is 9.85. The van der Waals surface area contributed by atoms with E-state index in [9.17, 15) is 10.1 Å². The highest BCUT2D eigenvalue weighted by Crippen LogP contribution is 2.39. The Morgan fingerprint density at radius 3 is 2.71 bits per heavy atom. The van der Waals surface area contributed by atoms with Gasteiger partial charge in [-0.2, -0.15) is 5.26 Å². The highest BCUT2D eigenvalue weighted by Gasteiger charge is 2.36. The monoisotopic (exact) mass is 227 g/mol. The number of carbonyl (C=O) groups is 1. The van der Waals surface area contributed by atoms with Gasteiger partial charge in [0.1, 0.15) is 5.92 Å². The normalized spacial score (nSPS) is 18.2. The molecule has 2 rings (SSSR count). The molecule has 1 aromatic rings. The number of hydrogen-bond donors (Lipinski definition) is 0. The van der Waals surface area contributed by atoms with Gasteiger partial charge in [0.05, 0.1) is 6.07 Å². The summed E-state index contributed by atoms with van der Waals surface area (Å²) in [5.74, 6) is 0.0365. The Morgan fingerprint density at radius 1 is 1.47 bits per heavy atom. The van der Waals surface area contributed by atoms with E-state index >= 15 is 0 Å². The predicted octanol–water partition coefficient (Wildman–Crippen LogP) is 3.22. The first-order valence-corrected chi connectivity index (χ1v) is 6.13. The van der Waals surface area contributed by atoms with Crippen molar-refractivity contribution in [3.8, 4) is 6.07 Å². The second-order valence-corrected chi connectivity index (χ2v) is 5.00. The van der Waals surface area contributed by atoms with Gasteiger partial charge in [0, 0.05) is 5.92 Å². The van der Waals surface area contributed by atoms with Crippen LogP contribution in [0.3, 0.4) is 0 Å². The molecule has 0 aromatic heterocycles. The molecule has 2 nitrogen and oxygen atoms in total. The molecule has 17 heavy (non-hydrogen) atoms. The lowest BCUT2D eigenvalue weighted by atomic mass is 9.86. The van der Waals surface area contributed by atoms with Crippen LogP contribution in [-0.2, 0) is 4.79 Å². The van der Waals surface area contributed by atoms with E-state index < -0.39 is 5.92 Å². The highest BCUT2D eigenvalue weighted by atomic mass is 16.1. The number of benzene rings is 1. The van der Waals surface area contributed by atoms with Gasteiger partial charge in [0.25, 0.3) is 0 Å². The standard InChI is InChI=1S/C15H17NO/c1-10-4-3-5-13(8-10)14(9-16)15(17)11(2)12-6-7-12/h3-5,8,11-12,14H,6-7H2,1-2H3. The summed E-state index contributed by atoms with van der Waals surface area (Å²) in [5, 5.41) is 9.22. The largest absolute Gasteiger partial charge is 0.298 e. The molecule has 0 heterocycles. The zero-order valence-electron chi connectivity index (χ0n) is 10.3. The van der Waals surface area contributed by atoms with E-state index in [-0.39, 0.29) is 11.7 Å². The first-order valence-electron chi connectivity index (χ1n) is 6.13. The van der Waals surface area contributed by atoms with E-state index in [1.807, 2.05) is 38.1 Å². The van der Waals surface area contributed by atoms with Crippen LogP contribution in [-0.4, -0.2) is 5.78 Å². The van der Waals surface area contributed by atoms with Crippen LogP contribution in [0.2, 0.25) is 0 Å². The highest BCUT2D eigenvalue weighted by molar-refractivity contribution is 5.90. The number of carbonyl (C=O) groups excluding carboxylic acids is 1. The fraction of sp³-hybridized carbons (Fsp3) is 0.467. The third kappa shape index (κ3) is 2.55. The average molecular weight is 227 g/mol. The van der Waals surface area contributed by atoms with Crippen LogP contribution in [0.1, 0.15) is 36.8 Å². The van der Waals surface area contributed by atoms with Crippen molar-refractivity contribution >= 4 is 5.78 Å². The van der Waals surface area contributed by atoms with E-state index in [2.05, 4.69) is 6.07 Å². The van der Waals surface area contributed by atoms with E-state index in [1.54, 1.807) is 0 Å². The van der Waals surface area contributed by atoms with Crippen molar-refractivity contribution in [1.29, 1.82) is 5.26 Å². The summed E-state index contributed by atoms with van der Waals surface area (Å²) in [6.07, 6.45) is 2.28. The Kier molecular flexibility index (Phi) is 3.28. The zero-order valence-corrected chi connectivity index (χ0v) is 10.3. The number of Topliss-reactive ketones (excluding diaryl/α,β-unsaturated/α-hetero) is 1. The maximum absolute atomic E-state index is 12.2. The molecule has 0 aliphatic heterocycles. The topological polar surface area (TPSA) is 40.9 Å². The quantitative estimate of drug-likeness (QED) is 0.792. The second-order valence-electron chi connectivity index (χ2n) is 5.00. The molecule has 0 spiro atoms. The lowest BCUT2D eigenvalue weighted by molar-refractivity contribution is -0.123. The van der Waals surface area contributed by atoms with Gasteiger partial charge >= 0.3 is 0 Å². The molecule has 0 N–H and O–H groups in total. The zero-order chi connectivity index (χ0) is 12.4. The van der Waals surface area contributed by atoms with Crippen LogP contribution >= 0.6 is 0 Å². The van der Waals surface area contributed by atoms with Crippen molar-refractivity contribution in [1.82, 2.24) is 0 Å². The molecule has 2 unspecified atom stereocenters. The van der Waals surface area contributed by atoms with Crippen molar-refractivity contribution in [2.24, 2.45) is 11.8 Å². The number of rotatable bonds is 4. The smallest absolute Gasteiger partial charge is 0.157 e. The van der Waals surface area contributed by atoms with E-state index in [1.165, 1.54) is 0 Å². The molecular weight excluding hydrogens is 210 g/mol. The number of nitrogens with zero attached hydrogens (tertiary/aromatic N) is 1. The molecule has 2 heteroatoms. The lowest BCUT2D eigenvalue weighted by Crippen LogP contribution is -2.20. The molecule has 1 aliphatic carbocycles. The Hall–Kier alpha value is -1.62. The van der Waals surface area contributed by atoms with Gasteiger partial charge in [-0.3, -0.25) is 4.79 Å². The van der Waals surface area contributed by atoms with Crippen LogP contribution in [0.5, 0.6) is 0 Å². The molecule has 88 valence electrons. The molecule has 0 bridgehead atoms. The van der Waals surface area contributed by atoms with Gasteiger partial charge in [0.15, 0.2) is 5.78 Å². The van der Waals surface area contributed by atoms with Crippen LogP contribution in [0.25, 0.3) is 0 Å². The van der Waals surface area contributed by atoms with Crippen molar-refractivity contribution in [2.45, 2.75) is 32.6 Å². The molecule has 1 fully saturated rings. The van der Waals surface area contributed by atoms with Crippen molar-refractivity contribution in [2.75, 3.05) is 0 Å². The van der Waals surface area contributed by atoms with Gasteiger partial charge in [-0.05, 0) is 31.2 Å². The van der Waals surface area contributed by atoms with Crippen molar-refractivity contribution < 1.29 is 4.79 Å². The molecular formula is C15H17NO. The van der Waals surface area contributed by atoms with E-state index in [0.717, 1.165) is 24.0 Å². The fourth-order valence-electron chi connectivity index (χ4n) is 2.24. The predicted molar refractivity (Wildman–Crippen MR) is 66.4 cm³/mol. The number of nitriles is 1. The third-order valence-electron chi connectivity index (χ3n) is 3.57. The van der Waals surface area contributed by atoms with Gasteiger partial charge in [-0.1, -0.05) is 36.8 Å². The Balaban J connectivity index is 2.21. The fourth-order valence-corrected chi connectivity index (χ4v) is 2.24. The molecule has 1 saturated carbocycles. The first kappa shape index (κ1) is 11.9. The molecule has 1 aliphatic rings. The maximum Gasteiger partial charge on any atom is 0.157 e. The Bertz CT molecular complexity index is 468. The lowest BCUT2D eigenvalue weighted by Gasteiger charge is -2.14. The Morgan fingerprint density at radius 2 is 2.18 bits per heavy atom. The van der Waals surface area contributed by atoms with Crippen molar-refractivity contribution in [3.05, 3.63) is 35.4 Å². The van der Waals surface area contributed by atoms with E-state index in [4.69, 9.17) is 0 Å². The third-order valence-corrected chi connectivity index (χ3v) is 3.57. The minimum absolute atomic E-state index is 0.0279. The summed E-state index contributed by atoms with van der Waals surface area (Å²) in [7, 11) is 0. The minimum atomic E-state index is -0.592. The maximum atomic E-state index is 12.2. The van der Waals surface area contributed by atoms with E-state index in [0.29, 0.717) is 5.92 Å². The summed E-state index contributed by atoms with van der Waals surface area (Å²) in [4.78, 5) is 12.2. The van der Waals surface area contributed by atoms with Crippen LogP contribution in [0.15, 0.2) is 24.3 Å². The van der Waals surface area contributed by atoms with Gasteiger partial charge < -0.3 is 0 Å². The Labute approximate surface area is 102 Å². The first-order chi connectivity index (χ1) is 8.13. The van der Waals surface area contributed by atoms with Crippen LogP contribution < -0.4 is 0 Å². The second kappa shape index (κ2) is 4.71. The number of aryl methyl sites for hydroxylation is 1. The summed E-state index contributed by atoms with van der Waals surface area (Å²) < 4.78 is 0. The molecule has 0 radical (unpaired) electrons. The number of ketones is 1. The molecule has 0 amide bonds. The van der Waals surface area contributed by atoms with Crippen LogP contribution in [0.4, 0.5) is 0 Å². The molecule has 2 atom stereocenters. The van der Waals surface area contributed by atoms with Gasteiger partial charge in [0.2, 0.25) is 0 Å². The average Bonchev–Trinajstić information content (AvgIpc) is 3.13. The van der Waals surface area contributed by atoms with Gasteiger partial charge in [-0.15, -0.1) is 0 Å². The SMILES string of the molecule is Cc1cccc(C(C#N)C(=O)C(C)C2CC2)c1.